The lowest BCUT2D eigenvalue weighted by Gasteiger charge is -2.41. The Bertz CT molecular complexity index is 510. The third-order valence-corrected chi connectivity index (χ3v) is 11.7. The van der Waals surface area contributed by atoms with Crippen LogP contribution in [0.4, 0.5) is 0 Å². The Hall–Kier alpha value is -0.413. The maximum Gasteiger partial charge on any atom is 0.191 e. The Morgan fingerprint density at radius 2 is 1.91 bits per heavy atom. The van der Waals surface area contributed by atoms with Crippen LogP contribution in [0.15, 0.2) is 11.6 Å². The highest BCUT2D eigenvalue weighted by atomic mass is 28.4. The lowest BCUT2D eigenvalue weighted by Crippen LogP contribution is -2.41. The number of carbonyl (C=O) groups excluding carboxylic acids is 1. The van der Waals surface area contributed by atoms with Gasteiger partial charge >= 0.3 is 0 Å². The van der Waals surface area contributed by atoms with E-state index in [2.05, 4.69) is 54.6 Å². The van der Waals surface area contributed by atoms with Crippen molar-refractivity contribution in [2.24, 2.45) is 16.7 Å². The van der Waals surface area contributed by atoms with Crippen molar-refractivity contribution in [1.82, 2.24) is 0 Å². The summed E-state index contributed by atoms with van der Waals surface area (Å²) in [5, 5.41) is 0.265. The molecular weight excluding hydrogens is 300 g/mol. The molecule has 2 aliphatic carbocycles. The molecule has 0 aliphatic heterocycles. The molecule has 2 atom stereocenters. The monoisotopic (exact) mass is 336 g/mol. The van der Waals surface area contributed by atoms with E-state index in [1.807, 2.05) is 6.08 Å². The fourth-order valence-electron chi connectivity index (χ4n) is 4.25. The lowest BCUT2D eigenvalue weighted by molar-refractivity contribution is -0.125. The van der Waals surface area contributed by atoms with E-state index in [1.54, 1.807) is 0 Å². The van der Waals surface area contributed by atoms with Crippen molar-refractivity contribution >= 4 is 14.1 Å². The molecule has 132 valence electrons. The van der Waals surface area contributed by atoms with Crippen LogP contribution in [0.3, 0.4) is 0 Å². The van der Waals surface area contributed by atoms with Gasteiger partial charge in [0.1, 0.15) is 0 Å². The van der Waals surface area contributed by atoms with Crippen LogP contribution in [0, 0.1) is 16.7 Å². The van der Waals surface area contributed by atoms with E-state index in [4.69, 9.17) is 4.43 Å². The van der Waals surface area contributed by atoms with E-state index in [0.717, 1.165) is 19.4 Å². The summed E-state index contributed by atoms with van der Waals surface area (Å²) in [6, 6.07) is 0. The van der Waals surface area contributed by atoms with Crippen LogP contribution in [0.25, 0.3) is 0 Å². The first-order valence-electron chi connectivity index (χ1n) is 9.26. The number of fused-ring (bicyclic) bond motifs is 1. The van der Waals surface area contributed by atoms with Crippen molar-refractivity contribution < 1.29 is 9.22 Å². The first-order chi connectivity index (χ1) is 10.4. The molecule has 0 N–H and O–H groups in total. The van der Waals surface area contributed by atoms with Crippen LogP contribution in [0.1, 0.15) is 67.2 Å². The molecule has 0 aromatic heterocycles. The average Bonchev–Trinajstić information content (AvgIpc) is 2.81. The van der Waals surface area contributed by atoms with Gasteiger partial charge in [0.25, 0.3) is 0 Å². The summed E-state index contributed by atoms with van der Waals surface area (Å²) < 4.78 is 6.36. The van der Waals surface area contributed by atoms with Gasteiger partial charge in [0.05, 0.1) is 0 Å². The second kappa shape index (κ2) is 5.84. The summed E-state index contributed by atoms with van der Waals surface area (Å²) in [6.45, 7) is 18.9. The second-order valence-corrected chi connectivity index (χ2v) is 14.6. The molecule has 0 aromatic carbocycles. The predicted octanol–water partition coefficient (Wildman–Crippen LogP) is 5.74. The molecule has 0 saturated heterocycles. The quantitative estimate of drug-likeness (QED) is 0.472. The second-order valence-electron chi connectivity index (χ2n) is 9.82. The average molecular weight is 337 g/mol. The maximum atomic E-state index is 12.5. The number of allylic oxidation sites excluding steroid dienone is 2. The summed E-state index contributed by atoms with van der Waals surface area (Å²) >= 11 is 0. The topological polar surface area (TPSA) is 26.3 Å². The van der Waals surface area contributed by atoms with Gasteiger partial charge in [0, 0.05) is 17.4 Å². The Balaban J connectivity index is 2.02. The molecule has 0 amide bonds. The smallest absolute Gasteiger partial charge is 0.191 e. The van der Waals surface area contributed by atoms with Gasteiger partial charge in [-0.15, -0.1) is 0 Å². The van der Waals surface area contributed by atoms with E-state index in [-0.39, 0.29) is 15.9 Å². The standard InChI is InChI=1S/C20H36O2Si/c1-15-10-12-20(16(15)14-17(21)19(20,5)6)11-9-13-22-23(7,8)18(2,3)4/h14-15H,9-13H2,1-8H3/t15-,20-/m1/s1. The lowest BCUT2D eigenvalue weighted by atomic mass is 9.62. The first kappa shape index (κ1) is 18.9. The molecule has 1 saturated carbocycles. The van der Waals surface area contributed by atoms with Crippen molar-refractivity contribution in [1.29, 1.82) is 0 Å². The van der Waals surface area contributed by atoms with Gasteiger partial charge in [-0.05, 0) is 55.8 Å². The Morgan fingerprint density at radius 1 is 1.30 bits per heavy atom. The van der Waals surface area contributed by atoms with Gasteiger partial charge in [0.15, 0.2) is 14.1 Å². The van der Waals surface area contributed by atoms with Crippen molar-refractivity contribution in [3.8, 4) is 0 Å². The molecule has 0 aromatic rings. The molecule has 0 bridgehead atoms. The summed E-state index contributed by atoms with van der Waals surface area (Å²) in [5.41, 5.74) is 1.30. The van der Waals surface area contributed by atoms with Crippen LogP contribution >= 0.6 is 0 Å². The van der Waals surface area contributed by atoms with Gasteiger partial charge < -0.3 is 4.43 Å². The molecule has 23 heavy (non-hydrogen) atoms. The minimum Gasteiger partial charge on any atom is -0.417 e. The van der Waals surface area contributed by atoms with Gasteiger partial charge in [-0.25, -0.2) is 0 Å². The fourth-order valence-corrected chi connectivity index (χ4v) is 5.33. The highest BCUT2D eigenvalue weighted by Crippen LogP contribution is 2.63. The number of hydrogen-bond donors (Lipinski definition) is 0. The number of ketones is 1. The zero-order valence-corrected chi connectivity index (χ0v) is 17.5. The van der Waals surface area contributed by atoms with Crippen molar-refractivity contribution in [3.05, 3.63) is 11.6 Å². The first-order valence-corrected chi connectivity index (χ1v) is 12.2. The van der Waals surface area contributed by atoms with E-state index in [9.17, 15) is 4.79 Å². The Labute approximate surface area is 144 Å². The summed E-state index contributed by atoms with van der Waals surface area (Å²) in [4.78, 5) is 12.5. The minimum atomic E-state index is -1.66. The van der Waals surface area contributed by atoms with Crippen molar-refractivity contribution in [2.45, 2.75) is 85.4 Å². The van der Waals surface area contributed by atoms with Gasteiger partial charge in [0.2, 0.25) is 0 Å². The number of carbonyl (C=O) groups is 1. The van der Waals surface area contributed by atoms with Crippen LogP contribution in [0.5, 0.6) is 0 Å². The predicted molar refractivity (Wildman–Crippen MR) is 100 cm³/mol. The summed E-state index contributed by atoms with van der Waals surface area (Å²) in [7, 11) is -1.66. The van der Waals surface area contributed by atoms with E-state index in [0.29, 0.717) is 11.7 Å². The normalized spacial score (nSPS) is 30.5. The van der Waals surface area contributed by atoms with Crippen LogP contribution in [-0.4, -0.2) is 20.7 Å². The third-order valence-electron chi connectivity index (χ3n) is 7.20. The Kier molecular flexibility index (Phi) is 4.80. The number of hydrogen-bond acceptors (Lipinski definition) is 2. The molecule has 0 heterocycles. The molecule has 2 aliphatic rings. The van der Waals surface area contributed by atoms with E-state index < -0.39 is 8.32 Å². The zero-order valence-electron chi connectivity index (χ0n) is 16.5. The van der Waals surface area contributed by atoms with Crippen LogP contribution < -0.4 is 0 Å². The molecule has 3 heteroatoms. The molecule has 0 radical (unpaired) electrons. The molecule has 2 rings (SSSR count). The van der Waals surface area contributed by atoms with Crippen LogP contribution in [0.2, 0.25) is 18.1 Å². The zero-order chi connectivity index (χ0) is 17.7. The highest BCUT2D eigenvalue weighted by Gasteiger charge is 2.58. The summed E-state index contributed by atoms with van der Waals surface area (Å²) in [6.07, 6.45) is 6.53. The van der Waals surface area contributed by atoms with Crippen molar-refractivity contribution in [2.75, 3.05) is 6.61 Å². The van der Waals surface area contributed by atoms with Gasteiger partial charge in [-0.3, -0.25) is 4.79 Å². The molecular formula is C20H36O2Si. The SMILES string of the molecule is C[C@@H]1CC[C@]2(CCCO[Si](C)(C)C(C)(C)C)C1=CC(=O)C2(C)C. The highest BCUT2D eigenvalue weighted by molar-refractivity contribution is 6.74. The molecule has 2 nitrogen and oxygen atoms in total. The molecule has 1 fully saturated rings. The fraction of sp³-hybridized carbons (Fsp3) is 0.850. The third kappa shape index (κ3) is 2.99. The van der Waals surface area contributed by atoms with Gasteiger partial charge in [-0.1, -0.05) is 47.1 Å². The van der Waals surface area contributed by atoms with Gasteiger partial charge in [-0.2, -0.15) is 0 Å². The van der Waals surface area contributed by atoms with E-state index in [1.165, 1.54) is 18.4 Å². The minimum absolute atomic E-state index is 0.0975. The van der Waals surface area contributed by atoms with Crippen molar-refractivity contribution in [3.63, 3.8) is 0 Å². The Morgan fingerprint density at radius 3 is 2.48 bits per heavy atom. The maximum absolute atomic E-state index is 12.5. The van der Waals surface area contributed by atoms with E-state index >= 15 is 0 Å². The molecule has 0 spiro atoms. The van der Waals surface area contributed by atoms with Crippen LogP contribution in [-0.2, 0) is 9.22 Å². The largest absolute Gasteiger partial charge is 0.417 e. The molecule has 0 unspecified atom stereocenters. The summed E-state index contributed by atoms with van der Waals surface area (Å²) in [5.74, 6) is 0.909. The number of rotatable bonds is 5.